The largest absolute Gasteiger partial charge is 3.00 e. The Kier molecular flexibility index (Phi) is 8.43. The molecule has 0 fully saturated rings. The summed E-state index contributed by atoms with van der Waals surface area (Å²) in [5.74, 6) is 0. The molecule has 1 radical (unpaired) electrons. The molecule has 0 spiro atoms. The molecule has 1 nitrogen and oxygen atoms in total. The fourth-order valence-electron chi connectivity index (χ4n) is 2.98. The zero-order chi connectivity index (χ0) is 14.8. The molecule has 0 saturated carbocycles. The van der Waals surface area contributed by atoms with Crippen LogP contribution in [-0.2, 0) is 23.8 Å². The van der Waals surface area contributed by atoms with Gasteiger partial charge in [0, 0.05) is 11.7 Å². The summed E-state index contributed by atoms with van der Waals surface area (Å²) in [4.78, 5) is 4.55. The van der Waals surface area contributed by atoms with Crippen LogP contribution in [0.4, 0.5) is 0 Å². The molecule has 2 aromatic carbocycles. The van der Waals surface area contributed by atoms with E-state index in [0.29, 0.717) is 0 Å². The molecule has 0 aliphatic heterocycles. The first-order chi connectivity index (χ1) is 10.9. The van der Waals surface area contributed by atoms with E-state index in [9.17, 15) is 0 Å². The summed E-state index contributed by atoms with van der Waals surface area (Å²) in [7, 11) is 0. The molecule has 1 heterocycles. The summed E-state index contributed by atoms with van der Waals surface area (Å²) < 4.78 is 0. The summed E-state index contributed by atoms with van der Waals surface area (Å²) in [6, 6.07) is 21.0. The number of para-hydroxylation sites is 1. The Morgan fingerprint density at radius 2 is 1.64 bits per heavy atom. The predicted molar refractivity (Wildman–Crippen MR) is 91.2 cm³/mol. The Balaban J connectivity index is 0.00000104. The van der Waals surface area contributed by atoms with Gasteiger partial charge in [-0.1, -0.05) is 60.5 Å². The van der Waals surface area contributed by atoms with E-state index in [1.54, 1.807) is 0 Å². The fraction of sp³-hybridized carbons (Fsp3) is 0.0952. The molecular formula is C21H16Cl2CrN. The minimum Gasteiger partial charge on any atom is -1.00 e. The standard InChI is InChI=1S/C21H16N.2ClH.Cr/c1-2-6-16(7-3-1)14-17-11-12-19(15-17)20-10-4-8-18-9-5-13-22-21(18)20;;;/h1-11,13H,12,14H2;2*1H;/q-1;;;+3/p-2. The van der Waals surface area contributed by atoms with Gasteiger partial charge in [-0.2, -0.15) is 23.3 Å². The van der Waals surface area contributed by atoms with Gasteiger partial charge in [0.25, 0.3) is 0 Å². The topological polar surface area (TPSA) is 12.9 Å². The number of rotatable bonds is 3. The first-order valence-corrected chi connectivity index (χ1v) is 7.60. The third-order valence-electron chi connectivity index (χ3n) is 4.06. The van der Waals surface area contributed by atoms with Crippen molar-refractivity contribution in [2.45, 2.75) is 12.8 Å². The second-order valence-electron chi connectivity index (χ2n) is 5.58. The van der Waals surface area contributed by atoms with E-state index < -0.39 is 0 Å². The number of pyridine rings is 1. The second-order valence-corrected chi connectivity index (χ2v) is 5.58. The normalized spacial score (nSPS) is 12.3. The van der Waals surface area contributed by atoms with Gasteiger partial charge < -0.3 is 24.8 Å². The van der Waals surface area contributed by atoms with Crippen molar-refractivity contribution >= 4 is 16.5 Å². The quantitative estimate of drug-likeness (QED) is 0.510. The van der Waals surface area contributed by atoms with Gasteiger partial charge in [0.05, 0.1) is 0 Å². The van der Waals surface area contributed by atoms with Gasteiger partial charge in [-0.05, 0) is 23.4 Å². The van der Waals surface area contributed by atoms with E-state index in [0.717, 1.165) is 18.4 Å². The predicted octanol–water partition coefficient (Wildman–Crippen LogP) is -1.00. The van der Waals surface area contributed by atoms with E-state index in [4.69, 9.17) is 0 Å². The molecule has 0 amide bonds. The molecule has 4 rings (SSSR count). The zero-order valence-corrected chi connectivity index (χ0v) is 16.2. The maximum absolute atomic E-state index is 4.55. The number of benzene rings is 2. The Hall–Kier alpha value is -1.56. The first kappa shape index (κ1) is 21.5. The molecule has 4 heteroatoms. The monoisotopic (exact) mass is 404 g/mol. The van der Waals surface area contributed by atoms with E-state index in [2.05, 4.69) is 71.7 Å². The van der Waals surface area contributed by atoms with Crippen LogP contribution >= 0.6 is 0 Å². The van der Waals surface area contributed by atoms with Crippen molar-refractivity contribution in [2.75, 3.05) is 0 Å². The van der Waals surface area contributed by atoms with Crippen molar-refractivity contribution in [1.29, 1.82) is 0 Å². The summed E-state index contributed by atoms with van der Waals surface area (Å²) >= 11 is 0. The summed E-state index contributed by atoms with van der Waals surface area (Å²) in [6.07, 6.45) is 9.62. The third-order valence-corrected chi connectivity index (χ3v) is 4.06. The van der Waals surface area contributed by atoms with Crippen molar-refractivity contribution in [3.05, 3.63) is 95.7 Å². The first-order valence-electron chi connectivity index (χ1n) is 7.60. The van der Waals surface area contributed by atoms with Crippen LogP contribution in [0, 0.1) is 6.08 Å². The van der Waals surface area contributed by atoms with Crippen LogP contribution in [0.15, 0.2) is 78.5 Å². The maximum atomic E-state index is 4.55. The maximum Gasteiger partial charge on any atom is 3.00 e. The van der Waals surface area contributed by atoms with Crippen molar-refractivity contribution in [3.63, 3.8) is 0 Å². The average molecular weight is 405 g/mol. The van der Waals surface area contributed by atoms with Crippen LogP contribution in [-0.4, -0.2) is 4.98 Å². The Morgan fingerprint density at radius 1 is 0.880 bits per heavy atom. The van der Waals surface area contributed by atoms with Crippen LogP contribution in [0.25, 0.3) is 16.5 Å². The van der Waals surface area contributed by atoms with Gasteiger partial charge in [0.2, 0.25) is 0 Å². The Bertz CT molecular complexity index is 883. The molecule has 125 valence electrons. The molecule has 0 atom stereocenters. The number of nitrogens with zero attached hydrogens (tertiary/aromatic N) is 1. The molecule has 0 bridgehead atoms. The number of hydrogen-bond donors (Lipinski definition) is 0. The second kappa shape index (κ2) is 9.80. The SMILES string of the molecule is [C-]1=C(c2cccc3cccnc23)CC=C1Cc1ccccc1.[Cl-].[Cl-].[Cr+3]. The molecular weight excluding hydrogens is 389 g/mol. The van der Waals surface area contributed by atoms with E-state index in [1.165, 1.54) is 27.7 Å². The average Bonchev–Trinajstić information content (AvgIpc) is 3.03. The fourth-order valence-corrected chi connectivity index (χ4v) is 2.98. The molecule has 1 aromatic heterocycles. The molecule has 25 heavy (non-hydrogen) atoms. The molecule has 1 aliphatic rings. The van der Waals surface area contributed by atoms with Crippen molar-refractivity contribution in [1.82, 2.24) is 4.98 Å². The number of fused-ring (bicyclic) bond motifs is 1. The van der Waals surface area contributed by atoms with E-state index in [1.807, 2.05) is 12.3 Å². The molecule has 3 aromatic rings. The van der Waals surface area contributed by atoms with Crippen molar-refractivity contribution in [2.24, 2.45) is 0 Å². The third kappa shape index (κ3) is 4.75. The Morgan fingerprint density at radius 3 is 2.44 bits per heavy atom. The summed E-state index contributed by atoms with van der Waals surface area (Å²) in [6.45, 7) is 0. The van der Waals surface area contributed by atoms with Crippen LogP contribution in [0.5, 0.6) is 0 Å². The van der Waals surface area contributed by atoms with E-state index in [-0.39, 0.29) is 42.2 Å². The molecule has 0 unspecified atom stereocenters. The number of hydrogen-bond acceptors (Lipinski definition) is 1. The van der Waals surface area contributed by atoms with Gasteiger partial charge >= 0.3 is 17.4 Å². The van der Waals surface area contributed by atoms with Crippen LogP contribution in [0.2, 0.25) is 0 Å². The minimum absolute atomic E-state index is 0. The number of allylic oxidation sites excluding steroid dienone is 4. The van der Waals surface area contributed by atoms with Gasteiger partial charge in [-0.15, -0.1) is 6.07 Å². The van der Waals surface area contributed by atoms with Crippen LogP contribution in [0.3, 0.4) is 0 Å². The minimum atomic E-state index is 0. The van der Waals surface area contributed by atoms with E-state index >= 15 is 0 Å². The zero-order valence-electron chi connectivity index (χ0n) is 13.5. The van der Waals surface area contributed by atoms with Crippen LogP contribution < -0.4 is 24.8 Å². The molecule has 0 saturated heterocycles. The molecule has 1 aliphatic carbocycles. The summed E-state index contributed by atoms with van der Waals surface area (Å²) in [5, 5.41) is 1.19. The molecule has 0 N–H and O–H groups in total. The smallest absolute Gasteiger partial charge is 1.00 e. The number of halogens is 2. The summed E-state index contributed by atoms with van der Waals surface area (Å²) in [5.41, 5.74) is 6.13. The van der Waals surface area contributed by atoms with Gasteiger partial charge in [-0.25, -0.2) is 0 Å². The Labute approximate surface area is 171 Å². The van der Waals surface area contributed by atoms with Crippen molar-refractivity contribution < 1.29 is 42.2 Å². The van der Waals surface area contributed by atoms with Crippen LogP contribution in [0.1, 0.15) is 17.5 Å². The number of aromatic nitrogens is 1. The van der Waals surface area contributed by atoms with Gasteiger partial charge in [-0.3, -0.25) is 4.98 Å². The van der Waals surface area contributed by atoms with Gasteiger partial charge in [0.1, 0.15) is 0 Å². The van der Waals surface area contributed by atoms with Gasteiger partial charge in [0.15, 0.2) is 0 Å². The van der Waals surface area contributed by atoms with Crippen molar-refractivity contribution in [3.8, 4) is 0 Å².